The zero-order chi connectivity index (χ0) is 22.7. The van der Waals surface area contributed by atoms with Crippen molar-refractivity contribution in [2.24, 2.45) is 0 Å². The van der Waals surface area contributed by atoms with Crippen molar-refractivity contribution in [1.29, 1.82) is 0 Å². The number of pyridine rings is 1. The van der Waals surface area contributed by atoms with Crippen LogP contribution in [0.2, 0.25) is 0 Å². The lowest BCUT2D eigenvalue weighted by Crippen LogP contribution is -2.42. The maximum absolute atomic E-state index is 14.3. The lowest BCUT2D eigenvalue weighted by molar-refractivity contribution is 0.0951. The molecule has 33 heavy (non-hydrogen) atoms. The van der Waals surface area contributed by atoms with Gasteiger partial charge in [-0.15, -0.1) is 21.5 Å². The Balaban J connectivity index is 1.20. The van der Waals surface area contributed by atoms with Gasteiger partial charge < -0.3 is 10.6 Å². The van der Waals surface area contributed by atoms with E-state index in [1.165, 1.54) is 29.8 Å². The second-order valence-electron chi connectivity index (χ2n) is 7.93. The first-order valence-electron chi connectivity index (χ1n) is 10.5. The number of amides is 1. The molecule has 1 saturated carbocycles. The lowest BCUT2D eigenvalue weighted by Gasteiger charge is -2.41. The highest BCUT2D eigenvalue weighted by Gasteiger charge is 2.41. The van der Waals surface area contributed by atoms with Crippen LogP contribution in [0, 0.1) is 5.82 Å². The van der Waals surface area contributed by atoms with Gasteiger partial charge in [-0.25, -0.2) is 9.37 Å². The Bertz CT molecular complexity index is 1240. The summed E-state index contributed by atoms with van der Waals surface area (Å²) in [6.45, 7) is 0.910. The Morgan fingerprint density at radius 2 is 2.09 bits per heavy atom. The summed E-state index contributed by atoms with van der Waals surface area (Å²) >= 11 is 1.44. The highest BCUT2D eigenvalue weighted by Crippen LogP contribution is 2.43. The van der Waals surface area contributed by atoms with Gasteiger partial charge in [0.05, 0.1) is 24.0 Å². The van der Waals surface area contributed by atoms with E-state index in [0.29, 0.717) is 40.9 Å². The molecule has 0 aromatic carbocycles. The van der Waals surface area contributed by atoms with Crippen LogP contribution in [0.15, 0.2) is 49.1 Å². The fraction of sp³-hybridized carbons (Fsp3) is 0.273. The van der Waals surface area contributed by atoms with Gasteiger partial charge in [-0.05, 0) is 37.1 Å². The number of carbonyl (C=O) groups is 1. The molecule has 3 N–H and O–H groups in total. The summed E-state index contributed by atoms with van der Waals surface area (Å²) in [7, 11) is 0. The van der Waals surface area contributed by atoms with Crippen molar-refractivity contribution in [2.75, 3.05) is 11.9 Å². The number of aromatic amines is 1. The van der Waals surface area contributed by atoms with Crippen LogP contribution in [0.1, 0.15) is 40.2 Å². The molecule has 0 aliphatic heterocycles. The number of carbonyl (C=O) groups excluding carboxylic acids is 1. The summed E-state index contributed by atoms with van der Waals surface area (Å²) in [4.78, 5) is 21.6. The topological polar surface area (TPSA) is 121 Å². The van der Waals surface area contributed by atoms with E-state index >= 15 is 0 Å². The van der Waals surface area contributed by atoms with Crippen LogP contribution in [0.25, 0.3) is 10.7 Å². The molecule has 1 amide bonds. The van der Waals surface area contributed by atoms with Crippen LogP contribution in [0.5, 0.6) is 0 Å². The molecule has 4 aromatic rings. The number of nitrogens with one attached hydrogen (secondary N) is 3. The van der Waals surface area contributed by atoms with Crippen LogP contribution in [0.4, 0.5) is 10.2 Å². The third kappa shape index (κ3) is 4.44. The van der Waals surface area contributed by atoms with Crippen LogP contribution < -0.4 is 10.6 Å². The molecule has 0 spiro atoms. The summed E-state index contributed by atoms with van der Waals surface area (Å²) < 4.78 is 14.3. The number of halogens is 1. The molecule has 168 valence electrons. The van der Waals surface area contributed by atoms with Crippen molar-refractivity contribution < 1.29 is 9.18 Å². The number of H-pyrrole nitrogens is 1. The summed E-state index contributed by atoms with van der Waals surface area (Å²) in [6.07, 6.45) is 9.19. The van der Waals surface area contributed by atoms with E-state index in [1.807, 2.05) is 12.1 Å². The van der Waals surface area contributed by atoms with Crippen LogP contribution in [0.3, 0.4) is 0 Å². The van der Waals surface area contributed by atoms with Gasteiger partial charge in [0, 0.05) is 35.4 Å². The zero-order valence-corrected chi connectivity index (χ0v) is 18.4. The molecule has 4 heterocycles. The van der Waals surface area contributed by atoms with Crippen molar-refractivity contribution in [2.45, 2.75) is 31.2 Å². The van der Waals surface area contributed by atoms with Crippen LogP contribution in [-0.4, -0.2) is 42.8 Å². The number of rotatable bonds is 8. The number of anilines is 1. The van der Waals surface area contributed by atoms with Crippen molar-refractivity contribution in [3.8, 4) is 10.7 Å². The van der Waals surface area contributed by atoms with Crippen molar-refractivity contribution in [1.82, 2.24) is 35.7 Å². The van der Waals surface area contributed by atoms with E-state index in [9.17, 15) is 9.18 Å². The highest BCUT2D eigenvalue weighted by atomic mass is 32.1. The number of hydrogen-bond acceptors (Lipinski definition) is 8. The van der Waals surface area contributed by atoms with Crippen LogP contribution in [-0.2, 0) is 12.0 Å². The maximum atomic E-state index is 14.3. The van der Waals surface area contributed by atoms with E-state index in [0.717, 1.165) is 24.1 Å². The second-order valence-corrected chi connectivity index (χ2v) is 9.04. The smallest absolute Gasteiger partial charge is 0.254 e. The monoisotopic (exact) mass is 464 g/mol. The van der Waals surface area contributed by atoms with Crippen LogP contribution >= 0.6 is 11.3 Å². The van der Waals surface area contributed by atoms with Crippen molar-refractivity contribution in [3.63, 3.8) is 0 Å². The van der Waals surface area contributed by atoms with E-state index in [1.54, 1.807) is 18.5 Å². The highest BCUT2D eigenvalue weighted by molar-refractivity contribution is 7.15. The summed E-state index contributed by atoms with van der Waals surface area (Å²) in [5, 5.41) is 21.8. The number of thiazole rings is 1. The van der Waals surface area contributed by atoms with E-state index in [-0.39, 0.29) is 17.1 Å². The molecule has 0 saturated heterocycles. The molecule has 1 aliphatic rings. The Morgan fingerprint density at radius 1 is 1.18 bits per heavy atom. The number of aromatic nitrogens is 6. The van der Waals surface area contributed by atoms with E-state index in [2.05, 4.69) is 41.0 Å². The molecule has 1 fully saturated rings. The predicted octanol–water partition coefficient (Wildman–Crippen LogP) is 3.32. The van der Waals surface area contributed by atoms with Gasteiger partial charge >= 0.3 is 0 Å². The number of hydrogen-bond donors (Lipinski definition) is 3. The Morgan fingerprint density at radius 3 is 2.79 bits per heavy atom. The molecule has 1 aliphatic carbocycles. The number of nitrogens with zero attached hydrogens (tertiary/aromatic N) is 5. The minimum atomic E-state index is -0.309. The van der Waals surface area contributed by atoms with Gasteiger partial charge in [-0.2, -0.15) is 5.10 Å². The fourth-order valence-electron chi connectivity index (χ4n) is 3.83. The zero-order valence-electron chi connectivity index (χ0n) is 17.6. The molecule has 11 heteroatoms. The lowest BCUT2D eigenvalue weighted by atomic mass is 9.66. The van der Waals surface area contributed by atoms with Gasteiger partial charge in [0.15, 0.2) is 0 Å². The normalized spacial score (nSPS) is 14.5. The largest absolute Gasteiger partial charge is 0.368 e. The minimum absolute atomic E-state index is 0.205. The van der Waals surface area contributed by atoms with E-state index in [4.69, 9.17) is 0 Å². The summed E-state index contributed by atoms with van der Waals surface area (Å²) in [5.41, 5.74) is 1.33. The quantitative estimate of drug-likeness (QED) is 0.366. The maximum Gasteiger partial charge on any atom is 0.254 e. The molecule has 0 unspecified atom stereocenters. The van der Waals surface area contributed by atoms with Crippen molar-refractivity contribution >= 4 is 23.1 Å². The van der Waals surface area contributed by atoms with Gasteiger partial charge in [0.1, 0.15) is 22.3 Å². The van der Waals surface area contributed by atoms with E-state index < -0.39 is 0 Å². The Hall–Kier alpha value is -3.73. The SMILES string of the molecule is O=C(NCc1cnc(-c2ccc(NCC3(c4ncccc4F)CCC3)nn2)s1)c1cn[nH]c1. The first-order valence-corrected chi connectivity index (χ1v) is 11.4. The Labute approximate surface area is 192 Å². The average Bonchev–Trinajstić information content (AvgIpc) is 3.51. The summed E-state index contributed by atoms with van der Waals surface area (Å²) in [6, 6.07) is 6.75. The standard InChI is InChI=1S/C22H21FN8OS/c23-16-3-1-8-24-19(16)22(6-2-7-22)13-27-18-5-4-17(30-31-18)21-26-12-15(33-21)11-25-20(32)14-9-28-29-10-14/h1,3-5,8-10,12H,2,6-7,11,13H2,(H,25,32)(H,27,31)(H,28,29). The molecule has 0 radical (unpaired) electrons. The second kappa shape index (κ2) is 9.02. The third-order valence-corrected chi connectivity index (χ3v) is 6.82. The Kier molecular flexibility index (Phi) is 5.78. The van der Waals surface area contributed by atoms with Gasteiger partial charge in [-0.3, -0.25) is 14.9 Å². The fourth-order valence-corrected chi connectivity index (χ4v) is 4.65. The van der Waals surface area contributed by atoms with Gasteiger partial charge in [0.2, 0.25) is 0 Å². The molecular weight excluding hydrogens is 443 g/mol. The molecule has 9 nitrogen and oxygen atoms in total. The molecule has 0 bridgehead atoms. The van der Waals surface area contributed by atoms with Gasteiger partial charge in [0.25, 0.3) is 5.91 Å². The average molecular weight is 465 g/mol. The van der Waals surface area contributed by atoms with Crippen molar-refractivity contribution in [3.05, 3.63) is 71.0 Å². The minimum Gasteiger partial charge on any atom is -0.368 e. The predicted molar refractivity (Wildman–Crippen MR) is 121 cm³/mol. The molecule has 0 atom stereocenters. The third-order valence-electron chi connectivity index (χ3n) is 5.80. The molecule has 4 aromatic heterocycles. The molecule has 5 rings (SSSR count). The first-order chi connectivity index (χ1) is 16.1. The summed E-state index contributed by atoms with van der Waals surface area (Å²) in [5.74, 6) is 0.148. The first kappa shape index (κ1) is 21.1. The molecular formula is C22H21FN8OS. The van der Waals surface area contributed by atoms with Gasteiger partial charge in [-0.1, -0.05) is 6.42 Å².